The monoisotopic (exact) mass is 513 g/mol. The number of hydrogen-bond acceptors (Lipinski definition) is 3. The van der Waals surface area contributed by atoms with Gasteiger partial charge in [0.15, 0.2) is 0 Å². The Bertz CT molecular complexity index is 1410. The number of nitrogens with zero attached hydrogens (tertiary/aromatic N) is 2. The van der Waals surface area contributed by atoms with Crippen LogP contribution in [-0.4, -0.2) is 18.2 Å². The Hall–Kier alpha value is -2.80. The molecule has 1 N–H and O–H groups in total. The zero-order chi connectivity index (χ0) is 24.3. The highest BCUT2D eigenvalue weighted by Crippen LogP contribution is 2.33. The number of sulfonamides is 1. The fraction of sp³-hybridized carbons (Fsp3) is 0.192. The molecule has 34 heavy (non-hydrogen) atoms. The third kappa shape index (κ3) is 5.30. The molecule has 0 saturated heterocycles. The maximum atomic E-state index is 13.3. The van der Waals surface area contributed by atoms with E-state index in [1.807, 2.05) is 43.3 Å². The van der Waals surface area contributed by atoms with Crippen molar-refractivity contribution in [3.63, 3.8) is 0 Å². The van der Waals surface area contributed by atoms with Crippen LogP contribution in [0.4, 0.5) is 5.82 Å². The van der Waals surface area contributed by atoms with Gasteiger partial charge in [0.1, 0.15) is 5.82 Å². The van der Waals surface area contributed by atoms with Gasteiger partial charge in [-0.3, -0.25) is 4.72 Å². The number of rotatable bonds is 8. The summed E-state index contributed by atoms with van der Waals surface area (Å²) in [6, 6.07) is 21.4. The van der Waals surface area contributed by atoms with Gasteiger partial charge in [0, 0.05) is 16.7 Å². The third-order valence-corrected chi connectivity index (χ3v) is 7.47. The molecule has 5 nitrogen and oxygen atoms in total. The van der Waals surface area contributed by atoms with E-state index in [1.54, 1.807) is 41.1 Å². The molecule has 1 aromatic heterocycles. The molecule has 0 saturated carbocycles. The summed E-state index contributed by atoms with van der Waals surface area (Å²) >= 11 is 12.5. The molecule has 0 aliphatic rings. The third-order valence-electron chi connectivity index (χ3n) is 5.55. The van der Waals surface area contributed by atoms with Gasteiger partial charge < -0.3 is 0 Å². The lowest BCUT2D eigenvalue weighted by molar-refractivity contribution is 0.600. The molecule has 1 heterocycles. The van der Waals surface area contributed by atoms with E-state index in [0.717, 1.165) is 36.1 Å². The fourth-order valence-corrected chi connectivity index (χ4v) is 5.22. The molecule has 0 spiro atoms. The van der Waals surface area contributed by atoms with Crippen molar-refractivity contribution < 1.29 is 8.42 Å². The molecular formula is C26H25Cl2N3O2S. The first-order chi connectivity index (χ1) is 16.3. The minimum atomic E-state index is -3.84. The van der Waals surface area contributed by atoms with Gasteiger partial charge in [-0.1, -0.05) is 66.9 Å². The predicted octanol–water partition coefficient (Wildman–Crippen LogP) is 7.30. The maximum Gasteiger partial charge on any atom is 0.263 e. The highest BCUT2D eigenvalue weighted by molar-refractivity contribution is 7.92. The lowest BCUT2D eigenvalue weighted by Crippen LogP contribution is -2.16. The number of aromatic nitrogens is 2. The van der Waals surface area contributed by atoms with Crippen LogP contribution in [0, 0.1) is 6.92 Å². The lowest BCUT2D eigenvalue weighted by atomic mass is 10.1. The highest BCUT2D eigenvalue weighted by atomic mass is 35.5. The van der Waals surface area contributed by atoms with E-state index in [4.69, 9.17) is 23.2 Å². The summed E-state index contributed by atoms with van der Waals surface area (Å²) in [6.07, 6.45) is 3.08. The van der Waals surface area contributed by atoms with Crippen molar-refractivity contribution in [2.75, 3.05) is 4.72 Å². The van der Waals surface area contributed by atoms with Crippen LogP contribution in [0.2, 0.25) is 10.0 Å². The number of unbranched alkanes of at least 4 members (excludes halogenated alkanes) is 1. The van der Waals surface area contributed by atoms with Crippen molar-refractivity contribution in [1.29, 1.82) is 0 Å². The molecule has 8 heteroatoms. The second-order valence-electron chi connectivity index (χ2n) is 8.09. The van der Waals surface area contributed by atoms with E-state index in [0.29, 0.717) is 27.1 Å². The Morgan fingerprint density at radius 3 is 2.38 bits per heavy atom. The molecule has 0 radical (unpaired) electrons. The van der Waals surface area contributed by atoms with E-state index >= 15 is 0 Å². The van der Waals surface area contributed by atoms with Crippen LogP contribution in [-0.2, 0) is 16.4 Å². The van der Waals surface area contributed by atoms with Crippen molar-refractivity contribution in [3.8, 4) is 16.9 Å². The normalized spacial score (nSPS) is 11.5. The van der Waals surface area contributed by atoms with E-state index < -0.39 is 10.0 Å². The number of aryl methyl sites for hydroxylation is 2. The molecule has 0 aliphatic heterocycles. The molecule has 0 unspecified atom stereocenters. The Morgan fingerprint density at radius 1 is 0.971 bits per heavy atom. The average Bonchev–Trinajstić information content (AvgIpc) is 3.20. The summed E-state index contributed by atoms with van der Waals surface area (Å²) in [5.74, 6) is 0.311. The van der Waals surface area contributed by atoms with Crippen LogP contribution in [0.5, 0.6) is 0 Å². The summed E-state index contributed by atoms with van der Waals surface area (Å²) < 4.78 is 30.8. The fourth-order valence-electron chi connectivity index (χ4n) is 3.68. The predicted molar refractivity (Wildman–Crippen MR) is 140 cm³/mol. The van der Waals surface area contributed by atoms with Gasteiger partial charge >= 0.3 is 0 Å². The molecule has 0 fully saturated rings. The molecule has 176 valence electrons. The quantitative estimate of drug-likeness (QED) is 0.268. The lowest BCUT2D eigenvalue weighted by Gasteiger charge is -2.12. The van der Waals surface area contributed by atoms with Crippen LogP contribution in [0.1, 0.15) is 30.9 Å². The largest absolute Gasteiger partial charge is 0.263 e. The van der Waals surface area contributed by atoms with E-state index in [2.05, 4.69) is 16.7 Å². The highest BCUT2D eigenvalue weighted by Gasteiger charge is 2.21. The van der Waals surface area contributed by atoms with E-state index in [-0.39, 0.29) is 4.90 Å². The summed E-state index contributed by atoms with van der Waals surface area (Å²) in [6.45, 7) is 4.07. The molecule has 0 aliphatic carbocycles. The summed E-state index contributed by atoms with van der Waals surface area (Å²) in [5.41, 5.74) is 3.99. The number of para-hydroxylation sites is 1. The SMILES string of the molecule is CCCCc1ccc(S(=O)(=O)Nc2cc(-c3ccc(Cl)cc3Cl)nn2-c2ccccc2C)cc1. The van der Waals surface area contributed by atoms with E-state index in [9.17, 15) is 8.42 Å². The molecular weight excluding hydrogens is 489 g/mol. The standard InChI is InChI=1S/C26H25Cl2N3O2S/c1-3-4-8-19-10-13-21(14-11-19)34(32,33)30-26-17-24(22-15-12-20(27)16-23(22)28)29-31(26)25-9-6-5-7-18(25)2/h5-7,9-17,30H,3-4,8H2,1-2H3. The van der Waals surface area contributed by atoms with Crippen molar-refractivity contribution in [2.45, 2.75) is 38.0 Å². The van der Waals surface area contributed by atoms with Crippen LogP contribution in [0.25, 0.3) is 16.9 Å². The van der Waals surface area contributed by atoms with Crippen LogP contribution >= 0.6 is 23.2 Å². The van der Waals surface area contributed by atoms with Crippen molar-refractivity contribution in [2.24, 2.45) is 0 Å². The zero-order valence-corrected chi connectivity index (χ0v) is 21.3. The number of anilines is 1. The smallest absolute Gasteiger partial charge is 0.263 e. The van der Waals surface area contributed by atoms with Crippen molar-refractivity contribution in [1.82, 2.24) is 9.78 Å². The van der Waals surface area contributed by atoms with Crippen LogP contribution in [0.15, 0.2) is 77.7 Å². The van der Waals surface area contributed by atoms with Crippen molar-refractivity contribution in [3.05, 3.63) is 94.0 Å². The number of halogens is 2. The van der Waals surface area contributed by atoms with Crippen LogP contribution in [0.3, 0.4) is 0 Å². The molecule has 4 aromatic rings. The maximum absolute atomic E-state index is 13.3. The number of hydrogen-bond donors (Lipinski definition) is 1. The zero-order valence-electron chi connectivity index (χ0n) is 18.9. The number of benzene rings is 3. The van der Waals surface area contributed by atoms with Gasteiger partial charge in [-0.15, -0.1) is 0 Å². The summed E-state index contributed by atoms with van der Waals surface area (Å²) in [4.78, 5) is 0.191. The Kier molecular flexibility index (Phi) is 7.31. The van der Waals surface area contributed by atoms with Crippen LogP contribution < -0.4 is 4.72 Å². The first-order valence-corrected chi connectivity index (χ1v) is 13.3. The van der Waals surface area contributed by atoms with Gasteiger partial charge in [-0.2, -0.15) is 5.10 Å². The molecule has 3 aromatic carbocycles. The first-order valence-electron chi connectivity index (χ1n) is 11.0. The number of nitrogens with one attached hydrogen (secondary N) is 1. The van der Waals surface area contributed by atoms with Gasteiger partial charge in [0.25, 0.3) is 10.0 Å². The molecule has 4 rings (SSSR count). The summed E-state index contributed by atoms with van der Waals surface area (Å²) in [5, 5.41) is 5.63. The Labute approximate surface area is 210 Å². The van der Waals surface area contributed by atoms with Gasteiger partial charge in [-0.05, 0) is 67.3 Å². The molecule has 0 bridgehead atoms. The van der Waals surface area contributed by atoms with Gasteiger partial charge in [0.05, 0.1) is 21.3 Å². The second-order valence-corrected chi connectivity index (χ2v) is 10.6. The van der Waals surface area contributed by atoms with Gasteiger partial charge in [0.2, 0.25) is 0 Å². The Balaban J connectivity index is 1.75. The summed E-state index contributed by atoms with van der Waals surface area (Å²) in [7, 11) is -3.84. The molecule has 0 amide bonds. The minimum absolute atomic E-state index is 0.191. The first kappa shape index (κ1) is 24.3. The van der Waals surface area contributed by atoms with E-state index in [1.165, 1.54) is 0 Å². The average molecular weight is 514 g/mol. The van der Waals surface area contributed by atoms with Gasteiger partial charge in [-0.25, -0.2) is 13.1 Å². The molecule has 0 atom stereocenters. The topological polar surface area (TPSA) is 64.0 Å². The minimum Gasteiger partial charge on any atom is -0.263 e. The second kappa shape index (κ2) is 10.2. The Morgan fingerprint density at radius 2 is 1.71 bits per heavy atom. The van der Waals surface area contributed by atoms with Crippen molar-refractivity contribution >= 4 is 39.0 Å².